The molecule has 1 aromatic heterocycles. The third-order valence-electron chi connectivity index (χ3n) is 3.94. The number of nitrogens with zero attached hydrogens (tertiary/aromatic N) is 3. The van der Waals surface area contributed by atoms with Gasteiger partial charge in [-0.05, 0) is 20.4 Å². The van der Waals surface area contributed by atoms with Crippen LogP contribution >= 0.6 is 11.3 Å². The quantitative estimate of drug-likeness (QED) is 0.349. The number of rotatable bonds is 11. The molecule has 26 heavy (non-hydrogen) atoms. The van der Waals surface area contributed by atoms with Crippen molar-refractivity contribution in [3.05, 3.63) is 16.1 Å². The Morgan fingerprint density at radius 2 is 2.08 bits per heavy atom. The summed E-state index contributed by atoms with van der Waals surface area (Å²) in [6.07, 6.45) is 1.97. The van der Waals surface area contributed by atoms with Crippen LogP contribution in [-0.2, 0) is 16.6 Å². The molecular weight excluding hydrogens is 346 g/mol. The molecule has 1 aromatic rings. The zero-order valence-electron chi connectivity index (χ0n) is 17.4. The van der Waals surface area contributed by atoms with Crippen LogP contribution in [0.4, 0.5) is 0 Å². The molecule has 0 unspecified atom stereocenters. The van der Waals surface area contributed by atoms with Crippen LogP contribution in [0.2, 0.25) is 0 Å². The van der Waals surface area contributed by atoms with E-state index in [1.165, 1.54) is 10.7 Å². The molecule has 0 aliphatic heterocycles. The predicted octanol–water partition coefficient (Wildman–Crippen LogP) is 2.51. The Balaban J connectivity index is 2.36. The van der Waals surface area contributed by atoms with E-state index in [0.717, 1.165) is 58.1 Å². The van der Waals surface area contributed by atoms with E-state index in [0.29, 0.717) is 0 Å². The molecule has 0 aliphatic carbocycles. The van der Waals surface area contributed by atoms with Gasteiger partial charge in [0.25, 0.3) is 0 Å². The van der Waals surface area contributed by atoms with Gasteiger partial charge in [0, 0.05) is 57.1 Å². The number of methoxy groups -OCH3 is 1. The van der Waals surface area contributed by atoms with Gasteiger partial charge < -0.3 is 20.3 Å². The molecule has 2 N–H and O–H groups in total. The van der Waals surface area contributed by atoms with E-state index in [1.54, 1.807) is 18.4 Å². The van der Waals surface area contributed by atoms with Gasteiger partial charge in [-0.25, -0.2) is 4.98 Å². The van der Waals surface area contributed by atoms with Crippen LogP contribution in [0.1, 0.15) is 44.8 Å². The molecule has 0 aromatic carbocycles. The normalized spacial score (nSPS) is 12.7. The zero-order chi connectivity index (χ0) is 19.4. The minimum absolute atomic E-state index is 0.119. The lowest BCUT2D eigenvalue weighted by atomic mass is 9.93. The Kier molecular flexibility index (Phi) is 10.8. The minimum Gasteiger partial charge on any atom is -0.385 e. The Labute approximate surface area is 163 Å². The average Bonchev–Trinajstić information content (AvgIpc) is 3.04. The van der Waals surface area contributed by atoms with E-state index >= 15 is 0 Å². The van der Waals surface area contributed by atoms with E-state index in [1.807, 2.05) is 0 Å². The maximum absolute atomic E-state index is 5.09. The number of likely N-dealkylation sites (N-methyl/N-ethyl adjacent to an activating group) is 1. The third kappa shape index (κ3) is 9.50. The summed E-state index contributed by atoms with van der Waals surface area (Å²) in [5.41, 5.74) is 1.29. The van der Waals surface area contributed by atoms with Gasteiger partial charge in [-0.15, -0.1) is 11.3 Å². The molecule has 0 atom stereocenters. The van der Waals surface area contributed by atoms with Gasteiger partial charge in [-0.1, -0.05) is 20.8 Å². The molecule has 0 fully saturated rings. The highest BCUT2D eigenvalue weighted by Gasteiger charge is 2.17. The van der Waals surface area contributed by atoms with Crippen molar-refractivity contribution in [1.29, 1.82) is 0 Å². The molecule has 7 heteroatoms. The Morgan fingerprint density at radius 1 is 1.31 bits per heavy atom. The minimum atomic E-state index is 0.119. The smallest absolute Gasteiger partial charge is 0.191 e. The fourth-order valence-corrected chi connectivity index (χ4v) is 3.35. The van der Waals surface area contributed by atoms with E-state index in [2.05, 4.69) is 60.6 Å². The molecule has 0 amide bonds. The van der Waals surface area contributed by atoms with E-state index < -0.39 is 0 Å². The summed E-state index contributed by atoms with van der Waals surface area (Å²) in [5.74, 6) is 0.880. The van der Waals surface area contributed by atoms with Gasteiger partial charge in [0.05, 0.1) is 17.2 Å². The van der Waals surface area contributed by atoms with Gasteiger partial charge in [0.2, 0.25) is 0 Å². The number of guanidine groups is 1. The number of nitrogens with one attached hydrogen (secondary N) is 2. The molecule has 0 saturated heterocycles. The van der Waals surface area contributed by atoms with E-state index in [-0.39, 0.29) is 5.41 Å². The Hall–Kier alpha value is -1.18. The lowest BCUT2D eigenvalue weighted by molar-refractivity contribution is 0.180. The monoisotopic (exact) mass is 383 g/mol. The number of thiazole rings is 1. The van der Waals surface area contributed by atoms with Crippen molar-refractivity contribution in [3.8, 4) is 0 Å². The summed E-state index contributed by atoms with van der Waals surface area (Å²) in [6.45, 7) is 14.0. The largest absolute Gasteiger partial charge is 0.385 e. The Morgan fingerprint density at radius 3 is 2.69 bits per heavy atom. The summed E-state index contributed by atoms with van der Waals surface area (Å²) < 4.78 is 5.09. The second kappa shape index (κ2) is 12.3. The van der Waals surface area contributed by atoms with Crippen molar-refractivity contribution in [2.75, 3.05) is 53.5 Å². The fraction of sp³-hybridized carbons (Fsp3) is 0.789. The highest BCUT2D eigenvalue weighted by molar-refractivity contribution is 7.09. The van der Waals surface area contributed by atoms with Crippen molar-refractivity contribution >= 4 is 17.3 Å². The van der Waals surface area contributed by atoms with Crippen molar-refractivity contribution < 1.29 is 4.74 Å². The van der Waals surface area contributed by atoms with E-state index in [4.69, 9.17) is 9.72 Å². The maximum atomic E-state index is 5.09. The first kappa shape index (κ1) is 22.9. The van der Waals surface area contributed by atoms with Gasteiger partial charge in [0.15, 0.2) is 5.96 Å². The molecule has 0 spiro atoms. The Bertz CT molecular complexity index is 524. The fourth-order valence-electron chi connectivity index (χ4n) is 2.32. The van der Waals surface area contributed by atoms with Crippen molar-refractivity contribution in [2.24, 2.45) is 4.99 Å². The first-order valence-electron chi connectivity index (χ1n) is 9.51. The predicted molar refractivity (Wildman–Crippen MR) is 112 cm³/mol. The second-order valence-electron chi connectivity index (χ2n) is 7.46. The highest BCUT2D eigenvalue weighted by Crippen LogP contribution is 2.23. The van der Waals surface area contributed by atoms with Crippen molar-refractivity contribution in [2.45, 2.75) is 46.0 Å². The zero-order valence-corrected chi connectivity index (χ0v) is 18.2. The molecule has 0 bridgehead atoms. The number of hydrogen-bond acceptors (Lipinski definition) is 5. The second-order valence-corrected chi connectivity index (χ2v) is 8.41. The average molecular weight is 384 g/mol. The van der Waals surface area contributed by atoms with Gasteiger partial charge >= 0.3 is 0 Å². The lowest BCUT2D eigenvalue weighted by Crippen LogP contribution is -2.39. The van der Waals surface area contributed by atoms with Crippen LogP contribution in [0.25, 0.3) is 0 Å². The van der Waals surface area contributed by atoms with Crippen LogP contribution in [-0.4, -0.2) is 69.3 Å². The summed E-state index contributed by atoms with van der Waals surface area (Å²) >= 11 is 1.74. The number of aromatic nitrogens is 1. The van der Waals surface area contributed by atoms with E-state index in [9.17, 15) is 0 Å². The SMILES string of the molecule is CCNC(=NCCN(C)CCCOC)NCCc1nc(C(C)(C)C)cs1. The summed E-state index contributed by atoms with van der Waals surface area (Å²) in [4.78, 5) is 11.7. The number of ether oxygens (including phenoxy) is 1. The molecule has 150 valence electrons. The highest BCUT2D eigenvalue weighted by atomic mass is 32.1. The lowest BCUT2D eigenvalue weighted by Gasteiger charge is -2.16. The van der Waals surface area contributed by atoms with Crippen LogP contribution in [0.5, 0.6) is 0 Å². The molecule has 6 nitrogen and oxygen atoms in total. The molecule has 1 rings (SSSR count). The third-order valence-corrected chi connectivity index (χ3v) is 4.84. The first-order valence-corrected chi connectivity index (χ1v) is 10.4. The summed E-state index contributed by atoms with van der Waals surface area (Å²) in [6, 6.07) is 0. The first-order chi connectivity index (χ1) is 12.4. The van der Waals surface area contributed by atoms with Crippen molar-refractivity contribution in [1.82, 2.24) is 20.5 Å². The maximum Gasteiger partial charge on any atom is 0.191 e. The molecule has 0 saturated carbocycles. The summed E-state index contributed by atoms with van der Waals surface area (Å²) in [5, 5.41) is 10.1. The van der Waals surface area contributed by atoms with Crippen molar-refractivity contribution in [3.63, 3.8) is 0 Å². The van der Waals surface area contributed by atoms with Crippen LogP contribution < -0.4 is 10.6 Å². The number of aliphatic imine (C=N–C) groups is 1. The van der Waals surface area contributed by atoms with Gasteiger partial charge in [0.1, 0.15) is 0 Å². The topological polar surface area (TPSA) is 61.8 Å². The molecular formula is C19H37N5OS. The van der Waals surface area contributed by atoms with Crippen LogP contribution in [0, 0.1) is 0 Å². The van der Waals surface area contributed by atoms with Crippen LogP contribution in [0.3, 0.4) is 0 Å². The van der Waals surface area contributed by atoms with Gasteiger partial charge in [-0.2, -0.15) is 0 Å². The number of hydrogen-bond donors (Lipinski definition) is 2. The molecule has 1 heterocycles. The standard InChI is InChI=1S/C19H37N5OS/c1-7-20-18(22-11-13-24(5)12-8-14-25-6)21-10-9-17-23-16(15-26-17)19(2,3)4/h15H,7-14H2,1-6H3,(H2,20,21,22). The van der Waals surface area contributed by atoms with Gasteiger partial charge in [-0.3, -0.25) is 4.99 Å². The van der Waals surface area contributed by atoms with Crippen LogP contribution in [0.15, 0.2) is 10.4 Å². The summed E-state index contributed by atoms with van der Waals surface area (Å²) in [7, 11) is 3.87. The molecule has 0 aliphatic rings. The molecule has 0 radical (unpaired) electrons.